The molecule has 0 spiro atoms. The Morgan fingerprint density at radius 2 is 2.08 bits per heavy atom. The van der Waals surface area contributed by atoms with Crippen LogP contribution in [0.25, 0.3) is 10.2 Å². The smallest absolute Gasteiger partial charge is 0.270 e. The zero-order valence-corrected chi connectivity index (χ0v) is 14.5. The highest BCUT2D eigenvalue weighted by atomic mass is 32.1. The van der Waals surface area contributed by atoms with E-state index in [4.69, 9.17) is 0 Å². The molecule has 1 aromatic heterocycles. The molecule has 0 bridgehead atoms. The van der Waals surface area contributed by atoms with E-state index in [1.54, 1.807) is 6.07 Å². The van der Waals surface area contributed by atoms with Gasteiger partial charge in [-0.1, -0.05) is 43.9 Å². The monoisotopic (exact) mass is 350 g/mol. The van der Waals surface area contributed by atoms with Gasteiger partial charge in [-0.25, -0.2) is 4.98 Å². The fourth-order valence-corrected chi connectivity index (χ4v) is 3.17. The van der Waals surface area contributed by atoms with Crippen molar-refractivity contribution in [1.29, 1.82) is 0 Å². The molecule has 0 saturated carbocycles. The standard InChI is InChI=1S/C16H22N4O3S/c1-2-3-4-5-6-9-17-15(21)11-18-16-19-13-8-7-12(20(22)23)10-14(13)24-16/h7-8,10H,2-6,9,11H2,1H3,(H,17,21)(H,18,19). The lowest BCUT2D eigenvalue weighted by molar-refractivity contribution is -0.384. The molecular formula is C16H22N4O3S. The van der Waals surface area contributed by atoms with Crippen molar-refractivity contribution in [2.45, 2.75) is 39.0 Å². The summed E-state index contributed by atoms with van der Waals surface area (Å²) in [6.45, 7) is 3.01. The lowest BCUT2D eigenvalue weighted by Gasteiger charge is -2.05. The zero-order valence-electron chi connectivity index (χ0n) is 13.7. The third-order valence-corrected chi connectivity index (χ3v) is 4.56. The molecule has 24 heavy (non-hydrogen) atoms. The molecule has 0 fully saturated rings. The van der Waals surface area contributed by atoms with E-state index in [9.17, 15) is 14.9 Å². The van der Waals surface area contributed by atoms with Crippen molar-refractivity contribution in [3.63, 3.8) is 0 Å². The molecule has 0 aliphatic carbocycles. The first-order valence-electron chi connectivity index (χ1n) is 8.15. The number of unbranched alkanes of at least 4 members (excludes halogenated alkanes) is 4. The van der Waals surface area contributed by atoms with Crippen LogP contribution in [0.3, 0.4) is 0 Å². The number of anilines is 1. The van der Waals surface area contributed by atoms with Crippen LogP contribution in [0, 0.1) is 10.1 Å². The molecule has 0 aliphatic heterocycles. The number of nitro groups is 1. The van der Waals surface area contributed by atoms with E-state index < -0.39 is 4.92 Å². The van der Waals surface area contributed by atoms with Crippen molar-refractivity contribution >= 4 is 38.3 Å². The zero-order chi connectivity index (χ0) is 17.4. The number of benzene rings is 1. The van der Waals surface area contributed by atoms with Gasteiger partial charge in [0.05, 0.1) is 21.7 Å². The van der Waals surface area contributed by atoms with Gasteiger partial charge in [0.15, 0.2) is 5.13 Å². The first-order chi connectivity index (χ1) is 11.6. The SMILES string of the molecule is CCCCCCCNC(=O)CNc1nc2ccc([N+](=O)[O-])cc2s1. The molecule has 130 valence electrons. The van der Waals surface area contributed by atoms with Gasteiger partial charge >= 0.3 is 0 Å². The number of aromatic nitrogens is 1. The number of nitro benzene ring substituents is 1. The fraction of sp³-hybridized carbons (Fsp3) is 0.500. The van der Waals surface area contributed by atoms with Crippen LogP contribution >= 0.6 is 11.3 Å². The Kier molecular flexibility index (Phi) is 6.92. The number of nitrogens with one attached hydrogen (secondary N) is 2. The Bertz CT molecular complexity index is 702. The first-order valence-corrected chi connectivity index (χ1v) is 8.97. The summed E-state index contributed by atoms with van der Waals surface area (Å²) < 4.78 is 0.725. The fourth-order valence-electron chi connectivity index (χ4n) is 2.28. The van der Waals surface area contributed by atoms with Crippen molar-refractivity contribution in [3.05, 3.63) is 28.3 Å². The minimum Gasteiger partial charge on any atom is -0.355 e. The Morgan fingerprint density at radius 1 is 1.29 bits per heavy atom. The summed E-state index contributed by atoms with van der Waals surface area (Å²) in [5.74, 6) is -0.0734. The third kappa shape index (κ3) is 5.45. The number of rotatable bonds is 10. The summed E-state index contributed by atoms with van der Waals surface area (Å²) in [6.07, 6.45) is 5.80. The average Bonchev–Trinajstić information content (AvgIpc) is 2.98. The molecule has 0 atom stereocenters. The summed E-state index contributed by atoms with van der Waals surface area (Å²) in [7, 11) is 0. The maximum atomic E-state index is 11.8. The summed E-state index contributed by atoms with van der Waals surface area (Å²) in [6, 6.07) is 4.54. The predicted molar refractivity (Wildman–Crippen MR) is 96.5 cm³/mol. The largest absolute Gasteiger partial charge is 0.355 e. The highest BCUT2D eigenvalue weighted by Crippen LogP contribution is 2.28. The second kappa shape index (κ2) is 9.17. The van der Waals surface area contributed by atoms with E-state index in [0.717, 1.165) is 17.5 Å². The Labute approximate surface area is 144 Å². The number of nitrogens with zero attached hydrogens (tertiary/aromatic N) is 2. The van der Waals surface area contributed by atoms with Crippen molar-refractivity contribution in [3.8, 4) is 0 Å². The molecule has 1 heterocycles. The molecule has 0 radical (unpaired) electrons. The highest BCUT2D eigenvalue weighted by Gasteiger charge is 2.10. The lowest BCUT2D eigenvalue weighted by atomic mass is 10.1. The van der Waals surface area contributed by atoms with Crippen LogP contribution < -0.4 is 10.6 Å². The van der Waals surface area contributed by atoms with Gasteiger partial charge in [-0.15, -0.1) is 0 Å². The molecule has 2 N–H and O–H groups in total. The van der Waals surface area contributed by atoms with Gasteiger partial charge in [-0.2, -0.15) is 0 Å². The van der Waals surface area contributed by atoms with Gasteiger partial charge in [0.1, 0.15) is 0 Å². The highest BCUT2D eigenvalue weighted by molar-refractivity contribution is 7.22. The molecule has 7 nitrogen and oxygen atoms in total. The molecule has 1 aromatic carbocycles. The van der Waals surface area contributed by atoms with Gasteiger partial charge in [0.25, 0.3) is 5.69 Å². The van der Waals surface area contributed by atoms with E-state index in [1.165, 1.54) is 42.7 Å². The van der Waals surface area contributed by atoms with Crippen LogP contribution in [0.4, 0.5) is 10.8 Å². The molecular weight excluding hydrogens is 328 g/mol. The van der Waals surface area contributed by atoms with Crippen molar-refractivity contribution < 1.29 is 9.72 Å². The quantitative estimate of drug-likeness (QED) is 0.387. The molecule has 2 rings (SSSR count). The van der Waals surface area contributed by atoms with Crippen molar-refractivity contribution in [1.82, 2.24) is 10.3 Å². The lowest BCUT2D eigenvalue weighted by Crippen LogP contribution is -2.30. The van der Waals surface area contributed by atoms with Crippen molar-refractivity contribution in [2.24, 2.45) is 0 Å². The minimum absolute atomic E-state index is 0.0403. The molecule has 2 aromatic rings. The molecule has 0 saturated heterocycles. The van der Waals surface area contributed by atoms with Crippen LogP contribution in [0.15, 0.2) is 18.2 Å². The average molecular weight is 350 g/mol. The van der Waals surface area contributed by atoms with Crippen LogP contribution in [-0.2, 0) is 4.79 Å². The van der Waals surface area contributed by atoms with E-state index in [1.807, 2.05) is 0 Å². The maximum Gasteiger partial charge on any atom is 0.270 e. The molecule has 8 heteroatoms. The Balaban J connectivity index is 1.76. The maximum absolute atomic E-state index is 11.8. The third-order valence-electron chi connectivity index (χ3n) is 3.59. The van der Waals surface area contributed by atoms with E-state index in [2.05, 4.69) is 22.5 Å². The van der Waals surface area contributed by atoms with E-state index in [0.29, 0.717) is 17.2 Å². The second-order valence-corrected chi connectivity index (χ2v) is 6.58. The van der Waals surface area contributed by atoms with Crippen LogP contribution in [0.2, 0.25) is 0 Å². The topological polar surface area (TPSA) is 97.2 Å². The number of carbonyl (C=O) groups excluding carboxylic acids is 1. The van der Waals surface area contributed by atoms with Crippen LogP contribution in [0.5, 0.6) is 0 Å². The summed E-state index contributed by atoms with van der Waals surface area (Å²) in [5, 5.41) is 17.2. The normalized spacial score (nSPS) is 10.7. The van der Waals surface area contributed by atoms with Crippen molar-refractivity contribution in [2.75, 3.05) is 18.4 Å². The number of thiazole rings is 1. The van der Waals surface area contributed by atoms with Gasteiger partial charge in [0.2, 0.25) is 5.91 Å². The van der Waals surface area contributed by atoms with Gasteiger partial charge in [-0.05, 0) is 12.5 Å². The summed E-state index contributed by atoms with van der Waals surface area (Å²) in [5.41, 5.74) is 0.725. The van der Waals surface area contributed by atoms with Gasteiger partial charge in [0, 0.05) is 18.7 Å². The molecule has 0 aliphatic rings. The predicted octanol–water partition coefficient (Wildman–Crippen LogP) is 3.70. The van der Waals surface area contributed by atoms with Crippen LogP contribution in [0.1, 0.15) is 39.0 Å². The van der Waals surface area contributed by atoms with E-state index in [-0.39, 0.29) is 18.1 Å². The molecule has 1 amide bonds. The van der Waals surface area contributed by atoms with Gasteiger partial charge in [-0.3, -0.25) is 14.9 Å². The summed E-state index contributed by atoms with van der Waals surface area (Å²) >= 11 is 1.30. The number of amides is 1. The number of hydrogen-bond acceptors (Lipinski definition) is 6. The number of non-ortho nitro benzene ring substituents is 1. The first kappa shape index (κ1) is 18.1. The number of fused-ring (bicyclic) bond motifs is 1. The Hall–Kier alpha value is -2.22. The molecule has 0 unspecified atom stereocenters. The second-order valence-electron chi connectivity index (χ2n) is 5.55. The van der Waals surface area contributed by atoms with Gasteiger partial charge < -0.3 is 10.6 Å². The van der Waals surface area contributed by atoms with Crippen LogP contribution in [-0.4, -0.2) is 28.9 Å². The number of carbonyl (C=O) groups is 1. The van der Waals surface area contributed by atoms with E-state index >= 15 is 0 Å². The Morgan fingerprint density at radius 3 is 2.83 bits per heavy atom. The summed E-state index contributed by atoms with van der Waals surface area (Å²) in [4.78, 5) is 26.4. The number of hydrogen-bond donors (Lipinski definition) is 2. The minimum atomic E-state index is -0.430.